The molecule has 0 aromatic heterocycles. The number of benzene rings is 1. The van der Waals surface area contributed by atoms with Gasteiger partial charge in [0, 0.05) is 53.8 Å². The van der Waals surface area contributed by atoms with Crippen LogP contribution in [0.4, 0.5) is 11.4 Å². The van der Waals surface area contributed by atoms with Crippen molar-refractivity contribution in [3.63, 3.8) is 0 Å². The molecule has 3 N–H and O–H groups in total. The Balaban J connectivity index is 2.26. The Morgan fingerprint density at radius 1 is 1.33 bits per heavy atom. The molecule has 0 aliphatic carbocycles. The van der Waals surface area contributed by atoms with Crippen molar-refractivity contribution in [2.75, 3.05) is 36.3 Å². The summed E-state index contributed by atoms with van der Waals surface area (Å²) in [4.78, 5) is 11.8. The number of carbonyl (C=O) groups excluding carboxylic acids is 1. The summed E-state index contributed by atoms with van der Waals surface area (Å²) in [5.74, 6) is 1.13. The van der Waals surface area contributed by atoms with E-state index >= 15 is 0 Å². The minimum absolute atomic E-state index is 0.0586. The van der Waals surface area contributed by atoms with Crippen molar-refractivity contribution in [2.45, 2.75) is 26.2 Å². The fourth-order valence-electron chi connectivity index (χ4n) is 1.90. The van der Waals surface area contributed by atoms with Crippen LogP contribution in [0.25, 0.3) is 0 Å². The molecule has 118 valence electrons. The maximum atomic E-state index is 11.8. The minimum Gasteiger partial charge on any atom is -0.399 e. The first-order chi connectivity index (χ1) is 10.0. The van der Waals surface area contributed by atoms with Crippen LogP contribution in [0.5, 0.6) is 0 Å². The van der Waals surface area contributed by atoms with Crippen molar-refractivity contribution < 1.29 is 13.7 Å². The lowest BCUT2D eigenvalue weighted by Gasteiger charge is -2.09. The minimum atomic E-state index is -0.868. The zero-order chi connectivity index (χ0) is 15.7. The van der Waals surface area contributed by atoms with Crippen LogP contribution >= 0.6 is 0 Å². The normalized spacial score (nSPS) is 12.1. The van der Waals surface area contributed by atoms with Crippen molar-refractivity contribution >= 4 is 28.1 Å². The zero-order valence-electron chi connectivity index (χ0n) is 12.7. The van der Waals surface area contributed by atoms with Crippen LogP contribution in [-0.4, -0.2) is 35.3 Å². The van der Waals surface area contributed by atoms with Crippen LogP contribution < -0.4 is 11.1 Å². The van der Waals surface area contributed by atoms with Gasteiger partial charge < -0.3 is 15.8 Å². The number of nitrogens with one attached hydrogen (secondary N) is 1. The van der Waals surface area contributed by atoms with Gasteiger partial charge in [0.05, 0.1) is 0 Å². The highest BCUT2D eigenvalue weighted by Crippen LogP contribution is 2.17. The number of nitrogen functional groups attached to an aromatic ring is 1. The van der Waals surface area contributed by atoms with E-state index in [1.54, 1.807) is 19.2 Å². The first-order valence-electron chi connectivity index (χ1n) is 7.03. The molecule has 0 fully saturated rings. The highest BCUT2D eigenvalue weighted by Gasteiger charge is 2.06. The monoisotopic (exact) mass is 312 g/mol. The molecule has 1 amide bonds. The standard InChI is InChI=1S/C15H24N2O3S/c1-12-11-13(16)6-7-14(12)17-15(18)5-3-9-21(19)10-4-8-20-2/h6-7,11H,3-5,8-10,16H2,1-2H3,(H,17,18). The summed E-state index contributed by atoms with van der Waals surface area (Å²) >= 11 is 0. The molecular weight excluding hydrogens is 288 g/mol. The average molecular weight is 312 g/mol. The van der Waals surface area contributed by atoms with Crippen LogP contribution in [0, 0.1) is 6.92 Å². The van der Waals surface area contributed by atoms with Gasteiger partial charge in [0.2, 0.25) is 5.91 Å². The van der Waals surface area contributed by atoms with Gasteiger partial charge in [-0.25, -0.2) is 0 Å². The molecule has 0 bridgehead atoms. The second-order valence-electron chi connectivity index (χ2n) is 4.92. The lowest BCUT2D eigenvalue weighted by Crippen LogP contribution is -2.14. The van der Waals surface area contributed by atoms with E-state index in [1.807, 2.05) is 13.0 Å². The second kappa shape index (κ2) is 9.52. The highest BCUT2D eigenvalue weighted by molar-refractivity contribution is 7.84. The fourth-order valence-corrected chi connectivity index (χ4v) is 3.01. The molecule has 1 rings (SSSR count). The van der Waals surface area contributed by atoms with Gasteiger partial charge in [0.25, 0.3) is 0 Å². The Kier molecular flexibility index (Phi) is 8.00. The van der Waals surface area contributed by atoms with E-state index in [1.165, 1.54) is 0 Å². The SMILES string of the molecule is COCCCS(=O)CCCC(=O)Nc1ccc(N)cc1C. The summed E-state index contributed by atoms with van der Waals surface area (Å²) in [6, 6.07) is 5.37. The number of ether oxygens (including phenoxy) is 1. The first kappa shape index (κ1) is 17.7. The molecule has 1 atom stereocenters. The molecule has 5 nitrogen and oxygen atoms in total. The molecule has 0 saturated heterocycles. The van der Waals surface area contributed by atoms with E-state index in [-0.39, 0.29) is 5.91 Å². The first-order valence-corrected chi connectivity index (χ1v) is 8.51. The Bertz CT molecular complexity index is 492. The summed E-state index contributed by atoms with van der Waals surface area (Å²) in [6.07, 6.45) is 1.79. The van der Waals surface area contributed by atoms with Gasteiger partial charge in [-0.3, -0.25) is 9.00 Å². The Labute approximate surface area is 128 Å². The van der Waals surface area contributed by atoms with Crippen LogP contribution in [0.1, 0.15) is 24.8 Å². The van der Waals surface area contributed by atoms with Crippen LogP contribution in [0.15, 0.2) is 18.2 Å². The third kappa shape index (κ3) is 7.24. The molecule has 0 saturated carbocycles. The molecule has 1 aromatic rings. The smallest absolute Gasteiger partial charge is 0.224 e. The summed E-state index contributed by atoms with van der Waals surface area (Å²) in [6.45, 7) is 2.53. The van der Waals surface area contributed by atoms with Crippen molar-refractivity contribution in [1.29, 1.82) is 0 Å². The molecule has 0 radical (unpaired) electrons. The number of hydrogen-bond donors (Lipinski definition) is 2. The topological polar surface area (TPSA) is 81.4 Å². The number of nitrogens with two attached hydrogens (primary N) is 1. The number of hydrogen-bond acceptors (Lipinski definition) is 4. The van der Waals surface area contributed by atoms with Gasteiger partial charge in [-0.05, 0) is 43.5 Å². The number of anilines is 2. The van der Waals surface area contributed by atoms with Gasteiger partial charge in [-0.1, -0.05) is 0 Å². The molecule has 0 spiro atoms. The largest absolute Gasteiger partial charge is 0.399 e. The van der Waals surface area contributed by atoms with Crippen LogP contribution in [0.3, 0.4) is 0 Å². The van der Waals surface area contributed by atoms with Gasteiger partial charge in [0.1, 0.15) is 0 Å². The van der Waals surface area contributed by atoms with E-state index < -0.39 is 10.8 Å². The van der Waals surface area contributed by atoms with Crippen LogP contribution in [0.2, 0.25) is 0 Å². The zero-order valence-corrected chi connectivity index (χ0v) is 13.5. The van der Waals surface area contributed by atoms with E-state index in [4.69, 9.17) is 10.5 Å². The van der Waals surface area contributed by atoms with E-state index in [0.717, 1.165) is 17.7 Å². The quantitative estimate of drug-likeness (QED) is 0.540. The van der Waals surface area contributed by atoms with E-state index in [9.17, 15) is 9.00 Å². The Morgan fingerprint density at radius 3 is 2.71 bits per heavy atom. The van der Waals surface area contributed by atoms with E-state index in [0.29, 0.717) is 36.6 Å². The summed E-state index contributed by atoms with van der Waals surface area (Å²) in [5.41, 5.74) is 8.05. The highest BCUT2D eigenvalue weighted by atomic mass is 32.2. The molecule has 0 aliphatic rings. The predicted octanol–water partition coefficient (Wildman–Crippen LogP) is 2.08. The molecule has 0 heterocycles. The van der Waals surface area contributed by atoms with Crippen molar-refractivity contribution in [3.8, 4) is 0 Å². The average Bonchev–Trinajstić information content (AvgIpc) is 2.42. The number of carbonyl (C=O) groups is 1. The predicted molar refractivity (Wildman–Crippen MR) is 87.8 cm³/mol. The van der Waals surface area contributed by atoms with Crippen molar-refractivity contribution in [3.05, 3.63) is 23.8 Å². The van der Waals surface area contributed by atoms with Gasteiger partial charge in [-0.2, -0.15) is 0 Å². The van der Waals surface area contributed by atoms with Crippen LogP contribution in [-0.2, 0) is 20.3 Å². The summed E-state index contributed by atoms with van der Waals surface area (Å²) < 4.78 is 16.6. The second-order valence-corrected chi connectivity index (χ2v) is 6.62. The molecular formula is C15H24N2O3S. The van der Waals surface area contributed by atoms with Gasteiger partial charge in [-0.15, -0.1) is 0 Å². The number of rotatable bonds is 9. The maximum Gasteiger partial charge on any atom is 0.224 e. The number of amides is 1. The third-order valence-corrected chi connectivity index (χ3v) is 4.51. The third-order valence-electron chi connectivity index (χ3n) is 3.02. The van der Waals surface area contributed by atoms with Crippen molar-refractivity contribution in [1.82, 2.24) is 0 Å². The summed E-state index contributed by atoms with van der Waals surface area (Å²) in [5, 5.41) is 2.85. The Morgan fingerprint density at radius 2 is 2.05 bits per heavy atom. The molecule has 6 heteroatoms. The van der Waals surface area contributed by atoms with E-state index in [2.05, 4.69) is 5.32 Å². The lowest BCUT2D eigenvalue weighted by molar-refractivity contribution is -0.116. The number of methoxy groups -OCH3 is 1. The van der Waals surface area contributed by atoms with Gasteiger partial charge >= 0.3 is 0 Å². The molecule has 1 unspecified atom stereocenters. The number of aryl methyl sites for hydroxylation is 1. The van der Waals surface area contributed by atoms with Crippen molar-refractivity contribution in [2.24, 2.45) is 0 Å². The molecule has 0 aliphatic heterocycles. The van der Waals surface area contributed by atoms with Gasteiger partial charge in [0.15, 0.2) is 0 Å². The Hall–Kier alpha value is -1.40. The lowest BCUT2D eigenvalue weighted by atomic mass is 10.1. The fraction of sp³-hybridized carbons (Fsp3) is 0.533. The maximum absolute atomic E-state index is 11.8. The summed E-state index contributed by atoms with van der Waals surface area (Å²) in [7, 11) is 0.763. The molecule has 21 heavy (non-hydrogen) atoms. The molecule has 1 aromatic carbocycles.